The number of hydrogen-bond donors (Lipinski definition) is 2. The zero-order valence-electron chi connectivity index (χ0n) is 8.91. The van der Waals surface area contributed by atoms with Crippen LogP contribution in [0.2, 0.25) is 0 Å². The maximum Gasteiger partial charge on any atom is 0.252 e. The predicted molar refractivity (Wildman–Crippen MR) is 57.0 cm³/mol. The van der Waals surface area contributed by atoms with Crippen LogP contribution >= 0.6 is 0 Å². The highest BCUT2D eigenvalue weighted by atomic mass is 16.5. The van der Waals surface area contributed by atoms with Crippen molar-refractivity contribution in [3.8, 4) is 0 Å². The Morgan fingerprint density at radius 1 is 1.67 bits per heavy atom. The molecular formula is C10H15N3O2. The van der Waals surface area contributed by atoms with E-state index in [2.05, 4.69) is 15.3 Å². The Labute approximate surface area is 87.9 Å². The smallest absolute Gasteiger partial charge is 0.252 e. The molecule has 5 nitrogen and oxygen atoms in total. The van der Waals surface area contributed by atoms with E-state index in [9.17, 15) is 4.79 Å². The van der Waals surface area contributed by atoms with Crippen LogP contribution in [-0.4, -0.2) is 28.7 Å². The van der Waals surface area contributed by atoms with Crippen molar-refractivity contribution in [2.45, 2.75) is 32.4 Å². The molecule has 0 saturated carbocycles. The number of aromatic nitrogens is 2. The second-order valence-corrected chi connectivity index (χ2v) is 3.83. The lowest BCUT2D eigenvalue weighted by molar-refractivity contribution is 0.121. The first-order chi connectivity index (χ1) is 7.15. The topological polar surface area (TPSA) is 67.0 Å². The third-order valence-corrected chi connectivity index (χ3v) is 2.57. The molecule has 1 aliphatic heterocycles. The monoisotopic (exact) mass is 209 g/mol. The zero-order valence-corrected chi connectivity index (χ0v) is 8.91. The summed E-state index contributed by atoms with van der Waals surface area (Å²) in [5, 5.41) is 3.22. The van der Waals surface area contributed by atoms with Crippen molar-refractivity contribution in [2.24, 2.45) is 0 Å². The average molecular weight is 209 g/mol. The molecule has 0 radical (unpaired) electrons. The van der Waals surface area contributed by atoms with E-state index >= 15 is 0 Å². The minimum Gasteiger partial charge on any atom is -0.376 e. The fraction of sp³-hybridized carbons (Fsp3) is 0.600. The van der Waals surface area contributed by atoms with E-state index in [1.165, 1.54) is 6.07 Å². The van der Waals surface area contributed by atoms with Crippen LogP contribution < -0.4 is 10.9 Å². The normalized spacial score (nSPS) is 25.5. The quantitative estimate of drug-likeness (QED) is 0.751. The average Bonchev–Trinajstić information content (AvgIpc) is 2.50. The number of nitrogens with zero attached hydrogens (tertiary/aromatic N) is 1. The minimum absolute atomic E-state index is 0.128. The van der Waals surface area contributed by atoms with E-state index in [0.29, 0.717) is 11.6 Å². The molecule has 2 unspecified atom stereocenters. The number of aromatic amines is 1. The molecule has 1 aliphatic rings. The summed E-state index contributed by atoms with van der Waals surface area (Å²) in [5.74, 6) is 1.25. The Morgan fingerprint density at radius 2 is 2.47 bits per heavy atom. The van der Waals surface area contributed by atoms with Crippen LogP contribution in [0.15, 0.2) is 10.9 Å². The van der Waals surface area contributed by atoms with Crippen LogP contribution in [0.4, 0.5) is 5.82 Å². The van der Waals surface area contributed by atoms with E-state index in [1.807, 2.05) is 6.92 Å². The molecule has 1 saturated heterocycles. The summed E-state index contributed by atoms with van der Waals surface area (Å²) in [5.41, 5.74) is -0.128. The summed E-state index contributed by atoms with van der Waals surface area (Å²) >= 11 is 0. The highest BCUT2D eigenvalue weighted by Crippen LogP contribution is 2.16. The minimum atomic E-state index is -0.128. The summed E-state index contributed by atoms with van der Waals surface area (Å²) < 4.78 is 5.42. The maximum absolute atomic E-state index is 11.2. The van der Waals surface area contributed by atoms with Gasteiger partial charge in [-0.2, -0.15) is 0 Å². The van der Waals surface area contributed by atoms with Gasteiger partial charge in [0.25, 0.3) is 5.56 Å². The molecule has 82 valence electrons. The van der Waals surface area contributed by atoms with Crippen LogP contribution in [-0.2, 0) is 4.74 Å². The lowest BCUT2D eigenvalue weighted by Gasteiger charge is -2.16. The van der Waals surface area contributed by atoms with E-state index in [0.717, 1.165) is 13.0 Å². The summed E-state index contributed by atoms with van der Waals surface area (Å²) in [4.78, 5) is 18.0. The Balaban J connectivity index is 2.13. The maximum atomic E-state index is 11.2. The first kappa shape index (κ1) is 10.2. The molecule has 1 aromatic rings. The fourth-order valence-corrected chi connectivity index (χ4v) is 1.76. The molecule has 5 heteroatoms. The molecule has 0 amide bonds. The van der Waals surface area contributed by atoms with Crippen molar-refractivity contribution in [1.82, 2.24) is 9.97 Å². The molecule has 0 spiro atoms. The van der Waals surface area contributed by atoms with Gasteiger partial charge in [-0.15, -0.1) is 0 Å². The van der Waals surface area contributed by atoms with Crippen molar-refractivity contribution in [2.75, 3.05) is 11.9 Å². The molecule has 2 heterocycles. The van der Waals surface area contributed by atoms with Crippen LogP contribution in [0.3, 0.4) is 0 Å². The number of H-pyrrole nitrogens is 1. The van der Waals surface area contributed by atoms with E-state index in [-0.39, 0.29) is 17.7 Å². The largest absolute Gasteiger partial charge is 0.376 e. The number of anilines is 1. The molecule has 2 N–H and O–H groups in total. The van der Waals surface area contributed by atoms with E-state index < -0.39 is 0 Å². The number of hydrogen-bond acceptors (Lipinski definition) is 4. The van der Waals surface area contributed by atoms with Gasteiger partial charge in [-0.3, -0.25) is 4.79 Å². The van der Waals surface area contributed by atoms with Crippen molar-refractivity contribution in [1.29, 1.82) is 0 Å². The Kier molecular flexibility index (Phi) is 2.73. The fourth-order valence-electron chi connectivity index (χ4n) is 1.76. The number of rotatable bonds is 2. The highest BCUT2D eigenvalue weighted by molar-refractivity contribution is 5.34. The first-order valence-electron chi connectivity index (χ1n) is 5.11. The highest BCUT2D eigenvalue weighted by Gasteiger charge is 2.24. The Hall–Kier alpha value is -1.36. The van der Waals surface area contributed by atoms with Crippen LogP contribution in [0.5, 0.6) is 0 Å². The number of nitrogens with one attached hydrogen (secondary N) is 2. The molecule has 2 atom stereocenters. The Bertz CT molecular complexity index is 402. The van der Waals surface area contributed by atoms with Gasteiger partial charge >= 0.3 is 0 Å². The van der Waals surface area contributed by atoms with Gasteiger partial charge in [0.2, 0.25) is 0 Å². The third-order valence-electron chi connectivity index (χ3n) is 2.57. The molecule has 0 aliphatic carbocycles. The second-order valence-electron chi connectivity index (χ2n) is 3.83. The van der Waals surface area contributed by atoms with E-state index in [4.69, 9.17) is 4.74 Å². The first-order valence-corrected chi connectivity index (χ1v) is 5.11. The van der Waals surface area contributed by atoms with Crippen LogP contribution in [0, 0.1) is 6.92 Å². The third kappa shape index (κ3) is 2.36. The van der Waals surface area contributed by atoms with E-state index in [1.54, 1.807) is 6.92 Å². The molecule has 1 fully saturated rings. The van der Waals surface area contributed by atoms with Crippen LogP contribution in [0.25, 0.3) is 0 Å². The van der Waals surface area contributed by atoms with Gasteiger partial charge in [-0.25, -0.2) is 4.98 Å². The van der Waals surface area contributed by atoms with Gasteiger partial charge in [-0.1, -0.05) is 0 Å². The predicted octanol–water partition coefficient (Wildman–Crippen LogP) is 0.668. The molecule has 1 aromatic heterocycles. The van der Waals surface area contributed by atoms with Gasteiger partial charge in [0, 0.05) is 12.7 Å². The SMILES string of the molecule is Cc1nc(NC2CCOC2C)cc(=O)[nH]1. The van der Waals surface area contributed by atoms with Crippen LogP contribution in [0.1, 0.15) is 19.2 Å². The summed E-state index contributed by atoms with van der Waals surface area (Å²) in [6.07, 6.45) is 1.13. The summed E-state index contributed by atoms with van der Waals surface area (Å²) in [6, 6.07) is 1.72. The molecule has 15 heavy (non-hydrogen) atoms. The summed E-state index contributed by atoms with van der Waals surface area (Å²) in [7, 11) is 0. The second kappa shape index (κ2) is 4.02. The van der Waals surface area contributed by atoms with Crippen molar-refractivity contribution in [3.63, 3.8) is 0 Å². The molecule has 0 bridgehead atoms. The van der Waals surface area contributed by atoms with Gasteiger partial charge in [-0.05, 0) is 20.3 Å². The van der Waals surface area contributed by atoms with Gasteiger partial charge in [0.05, 0.1) is 12.1 Å². The zero-order chi connectivity index (χ0) is 10.8. The standard InChI is InChI=1S/C10H15N3O2/c1-6-8(3-4-15-6)13-9-5-10(14)12-7(2)11-9/h5-6,8H,3-4H2,1-2H3,(H2,11,12,13,14). The van der Waals surface area contributed by atoms with Gasteiger partial charge in [0.1, 0.15) is 11.6 Å². The Morgan fingerprint density at radius 3 is 3.07 bits per heavy atom. The lowest BCUT2D eigenvalue weighted by Crippen LogP contribution is -2.28. The lowest BCUT2D eigenvalue weighted by atomic mass is 10.1. The molecule has 0 aromatic carbocycles. The van der Waals surface area contributed by atoms with Crippen molar-refractivity contribution >= 4 is 5.82 Å². The van der Waals surface area contributed by atoms with Gasteiger partial charge in [0.15, 0.2) is 0 Å². The molecular weight excluding hydrogens is 194 g/mol. The van der Waals surface area contributed by atoms with Crippen molar-refractivity contribution in [3.05, 3.63) is 22.2 Å². The molecule has 2 rings (SSSR count). The number of ether oxygens (including phenoxy) is 1. The van der Waals surface area contributed by atoms with Gasteiger partial charge < -0.3 is 15.0 Å². The summed E-state index contributed by atoms with van der Waals surface area (Å²) in [6.45, 7) is 4.55. The number of aryl methyl sites for hydroxylation is 1. The van der Waals surface area contributed by atoms with Crippen molar-refractivity contribution < 1.29 is 4.74 Å².